The lowest BCUT2D eigenvalue weighted by atomic mass is 9.81. The quantitative estimate of drug-likeness (QED) is 0.448. The van der Waals surface area contributed by atoms with Crippen LogP contribution in [-0.2, 0) is 14.6 Å². The van der Waals surface area contributed by atoms with Crippen LogP contribution in [0.2, 0.25) is 0 Å². The predicted molar refractivity (Wildman–Crippen MR) is 121 cm³/mol. The van der Waals surface area contributed by atoms with E-state index in [0.29, 0.717) is 5.56 Å². The molecular weight excluding hydrogens is 392 g/mol. The summed E-state index contributed by atoms with van der Waals surface area (Å²) in [5.41, 5.74) is 1.89. The molecular formula is C26H26O3S. The normalized spacial score (nSPS) is 19.9. The first kappa shape index (κ1) is 20.4. The Hall–Kier alpha value is -2.85. The van der Waals surface area contributed by atoms with Crippen LogP contribution in [0.3, 0.4) is 0 Å². The van der Waals surface area contributed by atoms with Gasteiger partial charge in [-0.1, -0.05) is 85.3 Å². The van der Waals surface area contributed by atoms with E-state index in [0.717, 1.165) is 25.7 Å². The molecule has 3 nitrogen and oxygen atoms in total. The fraction of sp³-hybridized carbons (Fsp3) is 0.231. The minimum absolute atomic E-state index is 0.0363. The van der Waals surface area contributed by atoms with Crippen molar-refractivity contribution >= 4 is 14.7 Å². The first-order valence-corrected chi connectivity index (χ1v) is 11.9. The maximum Gasteiger partial charge on any atom is 0.210 e. The van der Waals surface area contributed by atoms with Gasteiger partial charge in [-0.15, -0.1) is 0 Å². The van der Waals surface area contributed by atoms with E-state index in [-0.39, 0.29) is 21.8 Å². The number of sulfone groups is 1. The number of hydrogen-bond acceptors (Lipinski definition) is 3. The molecule has 0 aliphatic heterocycles. The van der Waals surface area contributed by atoms with Crippen molar-refractivity contribution in [2.24, 2.45) is 0 Å². The molecule has 0 bridgehead atoms. The molecule has 1 aliphatic rings. The van der Waals surface area contributed by atoms with Crippen molar-refractivity contribution < 1.29 is 13.2 Å². The van der Waals surface area contributed by atoms with Gasteiger partial charge in [-0.2, -0.15) is 0 Å². The van der Waals surface area contributed by atoms with Crippen LogP contribution in [0, 0.1) is 0 Å². The van der Waals surface area contributed by atoms with E-state index in [1.165, 1.54) is 11.8 Å². The summed E-state index contributed by atoms with van der Waals surface area (Å²) < 4.78 is 33.1. The van der Waals surface area contributed by atoms with Crippen LogP contribution in [-0.4, -0.2) is 14.5 Å². The van der Waals surface area contributed by atoms with E-state index in [4.69, 9.17) is 4.74 Å². The zero-order valence-electron chi connectivity index (χ0n) is 16.9. The third-order valence-electron chi connectivity index (χ3n) is 5.68. The molecule has 3 aromatic carbocycles. The van der Waals surface area contributed by atoms with E-state index in [1.807, 2.05) is 54.6 Å². The lowest BCUT2D eigenvalue weighted by Gasteiger charge is -2.31. The highest BCUT2D eigenvalue weighted by atomic mass is 32.2. The maximum absolute atomic E-state index is 13.4. The second-order valence-corrected chi connectivity index (χ2v) is 9.56. The Bertz CT molecular complexity index is 1070. The van der Waals surface area contributed by atoms with Gasteiger partial charge >= 0.3 is 0 Å². The Labute approximate surface area is 179 Å². The average molecular weight is 419 g/mol. The number of hydrogen-bond donors (Lipinski definition) is 0. The van der Waals surface area contributed by atoms with Crippen molar-refractivity contribution in [1.82, 2.24) is 0 Å². The number of ether oxygens (including phenoxy) is 1. The molecule has 0 saturated heterocycles. The summed E-state index contributed by atoms with van der Waals surface area (Å²) in [5.74, 6) is 0.271. The van der Waals surface area contributed by atoms with Crippen LogP contribution in [0.4, 0.5) is 0 Å². The summed E-state index contributed by atoms with van der Waals surface area (Å²) in [6.07, 6.45) is 5.66. The summed E-state index contributed by atoms with van der Waals surface area (Å²) in [6.45, 7) is 0. The van der Waals surface area contributed by atoms with Gasteiger partial charge in [0.1, 0.15) is 17.3 Å². The highest BCUT2D eigenvalue weighted by Gasteiger charge is 2.29. The molecule has 4 rings (SSSR count). The predicted octanol–water partition coefficient (Wildman–Crippen LogP) is 6.20. The van der Waals surface area contributed by atoms with Gasteiger partial charge in [0.2, 0.25) is 9.84 Å². The van der Waals surface area contributed by atoms with Gasteiger partial charge in [-0.05, 0) is 42.5 Å². The third-order valence-corrected chi connectivity index (χ3v) is 7.49. The molecule has 1 aliphatic carbocycles. The molecule has 0 N–H and O–H groups in total. The van der Waals surface area contributed by atoms with Crippen LogP contribution < -0.4 is 0 Å². The third kappa shape index (κ3) is 4.49. The fourth-order valence-electron chi connectivity index (χ4n) is 4.11. The Kier molecular flexibility index (Phi) is 6.34. The minimum atomic E-state index is -3.70. The van der Waals surface area contributed by atoms with E-state index >= 15 is 0 Å². The molecule has 1 fully saturated rings. The first-order valence-electron chi connectivity index (χ1n) is 10.4. The molecule has 0 amide bonds. The van der Waals surface area contributed by atoms with Gasteiger partial charge in [-0.3, -0.25) is 0 Å². The second-order valence-electron chi connectivity index (χ2n) is 7.64. The van der Waals surface area contributed by atoms with Crippen LogP contribution in [0.5, 0.6) is 0 Å². The summed E-state index contributed by atoms with van der Waals surface area (Å²) >= 11 is 0. The van der Waals surface area contributed by atoms with E-state index in [1.54, 1.807) is 24.3 Å². The molecule has 0 spiro atoms. The summed E-state index contributed by atoms with van der Waals surface area (Å²) in [6, 6.07) is 28.1. The second kappa shape index (κ2) is 9.31. The molecule has 3 aromatic rings. The zero-order chi connectivity index (χ0) is 20.8. The van der Waals surface area contributed by atoms with Crippen molar-refractivity contribution in [2.75, 3.05) is 0 Å². The molecule has 1 saturated carbocycles. The molecule has 4 heteroatoms. The Balaban J connectivity index is 1.69. The SMILES string of the molecule is O=S(=O)(/C(=C\O[C@@H]1CCCC[C@H]1c1ccccc1)c1ccccc1)c1ccccc1. The lowest BCUT2D eigenvalue weighted by molar-refractivity contribution is 0.0859. The van der Waals surface area contributed by atoms with Crippen molar-refractivity contribution in [3.8, 4) is 0 Å². The van der Waals surface area contributed by atoms with Gasteiger partial charge in [-0.25, -0.2) is 8.42 Å². The minimum Gasteiger partial charge on any atom is -0.496 e. The van der Waals surface area contributed by atoms with Crippen molar-refractivity contribution in [1.29, 1.82) is 0 Å². The Morgan fingerprint density at radius 2 is 1.33 bits per heavy atom. The van der Waals surface area contributed by atoms with E-state index in [9.17, 15) is 8.42 Å². The van der Waals surface area contributed by atoms with Crippen LogP contribution in [0.25, 0.3) is 4.91 Å². The highest BCUT2D eigenvalue weighted by molar-refractivity contribution is 8.00. The first-order chi connectivity index (χ1) is 14.7. The largest absolute Gasteiger partial charge is 0.496 e. The summed E-state index contributed by atoms with van der Waals surface area (Å²) in [7, 11) is -3.70. The maximum atomic E-state index is 13.4. The molecule has 0 unspecified atom stereocenters. The van der Waals surface area contributed by atoms with Gasteiger partial charge in [0.15, 0.2) is 0 Å². The van der Waals surface area contributed by atoms with Crippen LogP contribution in [0.15, 0.2) is 102 Å². The standard InChI is InChI=1S/C26H26O3S/c27-30(28,23-16-8-3-9-17-23)26(22-14-6-2-7-15-22)20-29-25-19-11-10-18-24(25)21-12-4-1-5-13-21/h1-9,12-17,20,24-25H,10-11,18-19H2/b26-20-/t24-,25+/m0/s1. The summed E-state index contributed by atoms with van der Waals surface area (Å²) in [5, 5.41) is 0. The topological polar surface area (TPSA) is 43.4 Å². The van der Waals surface area contributed by atoms with E-state index in [2.05, 4.69) is 12.1 Å². The molecule has 0 aromatic heterocycles. The summed E-state index contributed by atoms with van der Waals surface area (Å²) in [4.78, 5) is 0.471. The number of rotatable bonds is 6. The highest BCUT2D eigenvalue weighted by Crippen LogP contribution is 2.36. The fourth-order valence-corrected chi connectivity index (χ4v) is 5.50. The van der Waals surface area contributed by atoms with Gasteiger partial charge in [0.25, 0.3) is 0 Å². The van der Waals surface area contributed by atoms with E-state index < -0.39 is 9.84 Å². The van der Waals surface area contributed by atoms with Crippen LogP contribution >= 0.6 is 0 Å². The van der Waals surface area contributed by atoms with Gasteiger partial charge in [0.05, 0.1) is 4.90 Å². The zero-order valence-corrected chi connectivity index (χ0v) is 17.7. The van der Waals surface area contributed by atoms with Gasteiger partial charge in [0, 0.05) is 5.92 Å². The van der Waals surface area contributed by atoms with Crippen molar-refractivity contribution in [3.05, 3.63) is 108 Å². The number of benzene rings is 3. The van der Waals surface area contributed by atoms with Crippen LogP contribution in [0.1, 0.15) is 42.7 Å². The Morgan fingerprint density at radius 3 is 2.00 bits per heavy atom. The molecule has 2 atom stereocenters. The Morgan fingerprint density at radius 1 is 0.767 bits per heavy atom. The monoisotopic (exact) mass is 418 g/mol. The molecule has 154 valence electrons. The molecule has 30 heavy (non-hydrogen) atoms. The van der Waals surface area contributed by atoms with Gasteiger partial charge < -0.3 is 4.74 Å². The average Bonchev–Trinajstić information content (AvgIpc) is 2.81. The molecule has 0 heterocycles. The smallest absolute Gasteiger partial charge is 0.210 e. The lowest BCUT2D eigenvalue weighted by Crippen LogP contribution is -2.24. The molecule has 0 radical (unpaired) electrons. The van der Waals surface area contributed by atoms with Crippen molar-refractivity contribution in [2.45, 2.75) is 42.6 Å². The van der Waals surface area contributed by atoms with Crippen molar-refractivity contribution in [3.63, 3.8) is 0 Å².